The topological polar surface area (TPSA) is 64.1 Å². The highest BCUT2D eigenvalue weighted by atomic mass is 14.9. The molecular formula is C9H23N3. The summed E-state index contributed by atoms with van der Waals surface area (Å²) in [5, 5.41) is 3.35. The summed E-state index contributed by atoms with van der Waals surface area (Å²) in [6.07, 6.45) is 4.45. The fourth-order valence-electron chi connectivity index (χ4n) is 1.01. The maximum absolute atomic E-state index is 5.75. The van der Waals surface area contributed by atoms with E-state index in [9.17, 15) is 0 Å². The van der Waals surface area contributed by atoms with Crippen molar-refractivity contribution in [2.45, 2.75) is 38.6 Å². The lowest BCUT2D eigenvalue weighted by Crippen LogP contribution is -2.26. The molecule has 12 heavy (non-hydrogen) atoms. The first kappa shape index (κ1) is 11.9. The quantitative estimate of drug-likeness (QED) is 0.467. The zero-order chi connectivity index (χ0) is 9.23. The third-order valence-corrected chi connectivity index (χ3v) is 2.02. The van der Waals surface area contributed by atoms with Crippen molar-refractivity contribution in [3.63, 3.8) is 0 Å². The third kappa shape index (κ3) is 7.98. The van der Waals surface area contributed by atoms with E-state index in [4.69, 9.17) is 11.5 Å². The summed E-state index contributed by atoms with van der Waals surface area (Å²) in [5.74, 6) is 0. The van der Waals surface area contributed by atoms with Gasteiger partial charge >= 0.3 is 0 Å². The molecule has 0 aromatic rings. The lowest BCUT2D eigenvalue weighted by Gasteiger charge is -2.08. The fraction of sp³-hybridized carbons (Fsp3) is 1.00. The van der Waals surface area contributed by atoms with Crippen LogP contribution in [-0.2, 0) is 0 Å². The van der Waals surface area contributed by atoms with E-state index in [1.807, 2.05) is 0 Å². The highest BCUT2D eigenvalue weighted by Crippen LogP contribution is 1.91. The molecule has 0 aromatic heterocycles. The first-order chi connectivity index (χ1) is 5.81. The molecule has 0 saturated carbocycles. The largest absolute Gasteiger partial charge is 0.330 e. The predicted molar refractivity (Wildman–Crippen MR) is 54.0 cm³/mol. The molecule has 0 aromatic carbocycles. The Kier molecular flexibility index (Phi) is 8.88. The van der Waals surface area contributed by atoms with Crippen molar-refractivity contribution in [3.05, 3.63) is 0 Å². The van der Waals surface area contributed by atoms with E-state index in [1.54, 1.807) is 0 Å². The van der Waals surface area contributed by atoms with Gasteiger partial charge in [-0.2, -0.15) is 0 Å². The van der Waals surface area contributed by atoms with Crippen molar-refractivity contribution in [1.29, 1.82) is 0 Å². The highest BCUT2D eigenvalue weighted by Gasteiger charge is 1.96. The zero-order valence-corrected chi connectivity index (χ0v) is 8.18. The van der Waals surface area contributed by atoms with Gasteiger partial charge in [-0.1, -0.05) is 6.92 Å². The first-order valence-corrected chi connectivity index (χ1v) is 4.97. The van der Waals surface area contributed by atoms with E-state index in [-0.39, 0.29) is 0 Å². The van der Waals surface area contributed by atoms with Crippen LogP contribution >= 0.6 is 0 Å². The Balaban J connectivity index is 2.90. The molecule has 0 fully saturated rings. The molecule has 0 spiro atoms. The fourth-order valence-corrected chi connectivity index (χ4v) is 1.01. The van der Waals surface area contributed by atoms with Gasteiger partial charge in [0.1, 0.15) is 0 Å². The Bertz CT molecular complexity index is 85.8. The molecule has 0 amide bonds. The smallest absolute Gasteiger partial charge is 0.00482 e. The monoisotopic (exact) mass is 173 g/mol. The second-order valence-corrected chi connectivity index (χ2v) is 3.20. The number of nitrogens with two attached hydrogens (primary N) is 2. The predicted octanol–water partition coefficient (Wildman–Crippen LogP) is 0.442. The van der Waals surface area contributed by atoms with E-state index in [1.165, 1.54) is 6.42 Å². The minimum atomic E-state index is 0.368. The standard InChI is InChI=1S/C9H23N3/c1-2-9(11)5-8-12-7-4-3-6-10/h9,12H,2-8,10-11H2,1H3. The third-order valence-electron chi connectivity index (χ3n) is 2.02. The van der Waals surface area contributed by atoms with E-state index < -0.39 is 0 Å². The Morgan fingerprint density at radius 1 is 1.25 bits per heavy atom. The molecular weight excluding hydrogens is 150 g/mol. The van der Waals surface area contributed by atoms with Crippen LogP contribution in [0.5, 0.6) is 0 Å². The average Bonchev–Trinajstić information content (AvgIpc) is 2.10. The van der Waals surface area contributed by atoms with E-state index in [2.05, 4.69) is 12.2 Å². The van der Waals surface area contributed by atoms with Crippen LogP contribution in [-0.4, -0.2) is 25.7 Å². The molecule has 0 heterocycles. The van der Waals surface area contributed by atoms with Crippen molar-refractivity contribution in [1.82, 2.24) is 5.32 Å². The molecule has 5 N–H and O–H groups in total. The first-order valence-electron chi connectivity index (χ1n) is 4.97. The summed E-state index contributed by atoms with van der Waals surface area (Å²) < 4.78 is 0. The molecule has 3 heteroatoms. The molecule has 74 valence electrons. The van der Waals surface area contributed by atoms with Gasteiger partial charge in [-0.3, -0.25) is 0 Å². The highest BCUT2D eigenvalue weighted by molar-refractivity contribution is 4.60. The van der Waals surface area contributed by atoms with Gasteiger partial charge < -0.3 is 16.8 Å². The van der Waals surface area contributed by atoms with Gasteiger partial charge in [0, 0.05) is 6.04 Å². The van der Waals surface area contributed by atoms with Crippen LogP contribution in [0.25, 0.3) is 0 Å². The van der Waals surface area contributed by atoms with Crippen molar-refractivity contribution >= 4 is 0 Å². The van der Waals surface area contributed by atoms with Crippen LogP contribution < -0.4 is 16.8 Å². The summed E-state index contributed by atoms with van der Waals surface area (Å²) >= 11 is 0. The van der Waals surface area contributed by atoms with Crippen LogP contribution in [0.3, 0.4) is 0 Å². The Morgan fingerprint density at radius 2 is 2.00 bits per heavy atom. The molecule has 0 aliphatic heterocycles. The van der Waals surface area contributed by atoms with E-state index in [0.717, 1.165) is 38.9 Å². The molecule has 0 bridgehead atoms. The minimum absolute atomic E-state index is 0.368. The maximum atomic E-state index is 5.75. The second kappa shape index (κ2) is 8.97. The van der Waals surface area contributed by atoms with Gasteiger partial charge in [-0.25, -0.2) is 0 Å². The SMILES string of the molecule is CCC(N)CCNCCCCN. The van der Waals surface area contributed by atoms with Crippen LogP contribution in [0.4, 0.5) is 0 Å². The Hall–Kier alpha value is -0.120. The van der Waals surface area contributed by atoms with Crippen LogP contribution in [0.1, 0.15) is 32.6 Å². The summed E-state index contributed by atoms with van der Waals surface area (Å²) in [5.41, 5.74) is 11.1. The number of nitrogens with one attached hydrogen (secondary N) is 1. The van der Waals surface area contributed by atoms with Gasteiger partial charge in [-0.05, 0) is 45.3 Å². The molecule has 0 rings (SSSR count). The molecule has 1 atom stereocenters. The number of unbranched alkanes of at least 4 members (excludes halogenated alkanes) is 1. The molecule has 3 nitrogen and oxygen atoms in total. The number of rotatable bonds is 8. The summed E-state index contributed by atoms with van der Waals surface area (Å²) in [4.78, 5) is 0. The van der Waals surface area contributed by atoms with Crippen LogP contribution in [0.2, 0.25) is 0 Å². The maximum Gasteiger partial charge on any atom is 0.00482 e. The van der Waals surface area contributed by atoms with Gasteiger partial charge in [-0.15, -0.1) is 0 Å². The Morgan fingerprint density at radius 3 is 2.58 bits per heavy atom. The lowest BCUT2D eigenvalue weighted by molar-refractivity contribution is 0.539. The summed E-state index contributed by atoms with van der Waals surface area (Å²) in [6.45, 7) is 5.04. The van der Waals surface area contributed by atoms with Gasteiger partial charge in [0.25, 0.3) is 0 Å². The molecule has 0 saturated heterocycles. The normalized spacial score (nSPS) is 13.2. The minimum Gasteiger partial charge on any atom is -0.330 e. The van der Waals surface area contributed by atoms with Crippen molar-refractivity contribution < 1.29 is 0 Å². The van der Waals surface area contributed by atoms with Crippen LogP contribution in [0.15, 0.2) is 0 Å². The van der Waals surface area contributed by atoms with E-state index >= 15 is 0 Å². The average molecular weight is 173 g/mol. The van der Waals surface area contributed by atoms with Gasteiger partial charge in [0.05, 0.1) is 0 Å². The molecule has 0 aliphatic rings. The van der Waals surface area contributed by atoms with Crippen molar-refractivity contribution in [2.24, 2.45) is 11.5 Å². The van der Waals surface area contributed by atoms with Crippen molar-refractivity contribution in [3.8, 4) is 0 Å². The lowest BCUT2D eigenvalue weighted by atomic mass is 10.2. The van der Waals surface area contributed by atoms with Crippen molar-refractivity contribution in [2.75, 3.05) is 19.6 Å². The number of hydrogen-bond donors (Lipinski definition) is 3. The molecule has 1 unspecified atom stereocenters. The number of hydrogen-bond acceptors (Lipinski definition) is 3. The zero-order valence-electron chi connectivity index (χ0n) is 8.18. The van der Waals surface area contributed by atoms with Gasteiger partial charge in [0.2, 0.25) is 0 Å². The van der Waals surface area contributed by atoms with Gasteiger partial charge in [0.15, 0.2) is 0 Å². The van der Waals surface area contributed by atoms with E-state index in [0.29, 0.717) is 6.04 Å². The molecule has 0 radical (unpaired) electrons. The second-order valence-electron chi connectivity index (χ2n) is 3.20. The summed E-state index contributed by atoms with van der Waals surface area (Å²) in [7, 11) is 0. The molecule has 0 aliphatic carbocycles. The van der Waals surface area contributed by atoms with Crippen LogP contribution in [0, 0.1) is 0 Å². The summed E-state index contributed by atoms with van der Waals surface area (Å²) in [6, 6.07) is 0.368. The Labute approximate surface area is 75.9 Å².